The quantitative estimate of drug-likeness (QED) is 0.850. The number of nitrogens with zero attached hydrogens (tertiary/aromatic N) is 4. The van der Waals surface area contributed by atoms with E-state index in [9.17, 15) is 0 Å². The van der Waals surface area contributed by atoms with Gasteiger partial charge in [-0.15, -0.1) is 5.10 Å². The standard InChI is InChI=1S/C15H19N5S2/c1-7-13(22-19-16-7)14-17-18-15(21)20(14)12-10-3-8-2-9(5-10)6-11(12)4-8/h8-12H,2-6H2,1H3,(H,18,21). The zero-order chi connectivity index (χ0) is 14.8. The van der Waals surface area contributed by atoms with E-state index in [2.05, 4.69) is 24.4 Å². The smallest absolute Gasteiger partial charge is 0.195 e. The molecule has 116 valence electrons. The molecule has 0 atom stereocenters. The predicted molar refractivity (Wildman–Crippen MR) is 87.1 cm³/mol. The van der Waals surface area contributed by atoms with Crippen molar-refractivity contribution in [3.8, 4) is 10.7 Å². The number of H-pyrrole nitrogens is 1. The van der Waals surface area contributed by atoms with E-state index in [4.69, 9.17) is 12.2 Å². The number of hydrogen-bond acceptors (Lipinski definition) is 5. The molecule has 5 nitrogen and oxygen atoms in total. The normalized spacial score (nSPS) is 36.1. The van der Waals surface area contributed by atoms with Gasteiger partial charge in [0.1, 0.15) is 4.88 Å². The first-order valence-corrected chi connectivity index (χ1v) is 9.35. The summed E-state index contributed by atoms with van der Waals surface area (Å²) in [6.45, 7) is 2.00. The third-order valence-electron chi connectivity index (χ3n) is 6.03. The second-order valence-corrected chi connectivity index (χ2v) is 8.47. The first kappa shape index (κ1) is 13.4. The molecule has 0 aliphatic heterocycles. The molecule has 2 aromatic rings. The van der Waals surface area contributed by atoms with Crippen LogP contribution in [0.4, 0.5) is 0 Å². The molecule has 4 saturated carbocycles. The van der Waals surface area contributed by atoms with Crippen LogP contribution >= 0.6 is 23.8 Å². The van der Waals surface area contributed by atoms with E-state index in [-0.39, 0.29) is 0 Å². The van der Waals surface area contributed by atoms with Crippen LogP contribution in [0.25, 0.3) is 10.7 Å². The number of nitrogens with one attached hydrogen (secondary N) is 1. The zero-order valence-electron chi connectivity index (χ0n) is 12.5. The number of aromatic nitrogens is 5. The zero-order valence-corrected chi connectivity index (χ0v) is 14.2. The molecule has 0 radical (unpaired) electrons. The Morgan fingerprint density at radius 2 is 1.82 bits per heavy atom. The lowest BCUT2D eigenvalue weighted by Gasteiger charge is -2.54. The summed E-state index contributed by atoms with van der Waals surface area (Å²) in [6, 6.07) is 0.524. The van der Waals surface area contributed by atoms with Gasteiger partial charge in [-0.1, -0.05) is 4.49 Å². The Hall–Kier alpha value is -1.08. The lowest BCUT2D eigenvalue weighted by Crippen LogP contribution is -2.46. The summed E-state index contributed by atoms with van der Waals surface area (Å²) >= 11 is 7.02. The van der Waals surface area contributed by atoms with Crippen molar-refractivity contribution in [2.45, 2.75) is 45.1 Å². The van der Waals surface area contributed by atoms with Crippen LogP contribution in [0.3, 0.4) is 0 Å². The van der Waals surface area contributed by atoms with Crippen molar-refractivity contribution in [1.29, 1.82) is 0 Å². The molecule has 2 heterocycles. The highest BCUT2D eigenvalue weighted by Crippen LogP contribution is 2.58. The highest BCUT2D eigenvalue weighted by Gasteiger charge is 2.49. The third-order valence-corrected chi connectivity index (χ3v) is 7.15. The van der Waals surface area contributed by atoms with Gasteiger partial charge in [0, 0.05) is 6.04 Å². The fourth-order valence-electron chi connectivity index (χ4n) is 5.50. The predicted octanol–water partition coefficient (Wildman–Crippen LogP) is 3.76. The molecule has 0 amide bonds. The Morgan fingerprint density at radius 3 is 2.41 bits per heavy atom. The molecule has 0 unspecified atom stereocenters. The highest BCUT2D eigenvalue weighted by atomic mass is 32.1. The molecule has 0 spiro atoms. The molecule has 0 aromatic carbocycles. The minimum Gasteiger partial charge on any atom is -0.296 e. The number of hydrogen-bond donors (Lipinski definition) is 1. The second-order valence-electron chi connectivity index (χ2n) is 7.33. The maximum atomic E-state index is 5.60. The Balaban J connectivity index is 1.63. The molecule has 4 fully saturated rings. The van der Waals surface area contributed by atoms with Gasteiger partial charge >= 0.3 is 0 Å². The van der Waals surface area contributed by atoms with Crippen molar-refractivity contribution >= 4 is 23.8 Å². The summed E-state index contributed by atoms with van der Waals surface area (Å²) in [6.07, 6.45) is 6.99. The molecule has 6 rings (SSSR count). The van der Waals surface area contributed by atoms with Gasteiger partial charge in [0.15, 0.2) is 10.6 Å². The Kier molecular flexibility index (Phi) is 2.86. The van der Waals surface area contributed by atoms with Crippen molar-refractivity contribution in [2.75, 3.05) is 0 Å². The minimum absolute atomic E-state index is 0.524. The molecule has 4 aliphatic rings. The molecular weight excluding hydrogens is 314 g/mol. The van der Waals surface area contributed by atoms with Crippen LogP contribution in [0.1, 0.15) is 43.8 Å². The summed E-state index contributed by atoms with van der Waals surface area (Å²) < 4.78 is 7.15. The van der Waals surface area contributed by atoms with Crippen molar-refractivity contribution in [3.05, 3.63) is 10.5 Å². The fraction of sp³-hybridized carbons (Fsp3) is 0.733. The lowest BCUT2D eigenvalue weighted by molar-refractivity contribution is -0.0291. The highest BCUT2D eigenvalue weighted by molar-refractivity contribution is 7.71. The van der Waals surface area contributed by atoms with Crippen molar-refractivity contribution < 1.29 is 0 Å². The molecule has 4 bridgehead atoms. The van der Waals surface area contributed by atoms with Gasteiger partial charge in [-0.25, -0.2) is 0 Å². The van der Waals surface area contributed by atoms with Crippen LogP contribution in [-0.2, 0) is 0 Å². The largest absolute Gasteiger partial charge is 0.296 e. The second kappa shape index (κ2) is 4.71. The van der Waals surface area contributed by atoms with Crippen molar-refractivity contribution in [2.24, 2.45) is 23.7 Å². The van der Waals surface area contributed by atoms with E-state index in [1.54, 1.807) is 0 Å². The fourth-order valence-corrected chi connectivity index (χ4v) is 6.39. The molecule has 7 heteroatoms. The van der Waals surface area contributed by atoms with Gasteiger partial charge in [-0.3, -0.25) is 9.67 Å². The van der Waals surface area contributed by atoms with Crippen LogP contribution in [0.5, 0.6) is 0 Å². The van der Waals surface area contributed by atoms with Gasteiger partial charge in [0.2, 0.25) is 0 Å². The first-order chi connectivity index (χ1) is 10.7. The van der Waals surface area contributed by atoms with E-state index in [1.165, 1.54) is 43.6 Å². The van der Waals surface area contributed by atoms with E-state index < -0.39 is 0 Å². The monoisotopic (exact) mass is 333 g/mol. The maximum absolute atomic E-state index is 5.60. The average molecular weight is 333 g/mol. The molecule has 4 aliphatic carbocycles. The average Bonchev–Trinajstić information content (AvgIpc) is 3.05. The Bertz CT molecular complexity index is 745. The summed E-state index contributed by atoms with van der Waals surface area (Å²) in [5, 5.41) is 11.7. The SMILES string of the molecule is Cc1nnsc1-c1n[nH]c(=S)n1C1C2CC3CC(C2)CC1C3. The molecule has 22 heavy (non-hydrogen) atoms. The molecule has 2 aromatic heterocycles. The van der Waals surface area contributed by atoms with E-state index >= 15 is 0 Å². The van der Waals surface area contributed by atoms with Crippen molar-refractivity contribution in [3.63, 3.8) is 0 Å². The molecule has 0 saturated heterocycles. The van der Waals surface area contributed by atoms with Crippen LogP contribution in [0.2, 0.25) is 0 Å². The lowest BCUT2D eigenvalue weighted by atomic mass is 9.54. The summed E-state index contributed by atoms with van der Waals surface area (Å²) in [7, 11) is 0. The van der Waals surface area contributed by atoms with Crippen molar-refractivity contribution in [1.82, 2.24) is 24.4 Å². The topological polar surface area (TPSA) is 59.4 Å². The van der Waals surface area contributed by atoms with Crippen LogP contribution < -0.4 is 0 Å². The number of rotatable bonds is 2. The van der Waals surface area contributed by atoms with Crippen LogP contribution in [0.15, 0.2) is 0 Å². The summed E-state index contributed by atoms with van der Waals surface area (Å²) in [5.41, 5.74) is 0.948. The third kappa shape index (κ3) is 1.81. The van der Waals surface area contributed by atoms with E-state index in [0.717, 1.165) is 44.8 Å². The first-order valence-electron chi connectivity index (χ1n) is 8.17. The van der Waals surface area contributed by atoms with Gasteiger partial charge < -0.3 is 0 Å². The summed E-state index contributed by atoms with van der Waals surface area (Å²) in [5.74, 6) is 4.45. The minimum atomic E-state index is 0.524. The maximum Gasteiger partial charge on any atom is 0.195 e. The molecule has 1 N–H and O–H groups in total. The Labute approximate surface area is 138 Å². The molecular formula is C15H19N5S2. The number of aryl methyl sites for hydroxylation is 1. The Morgan fingerprint density at radius 1 is 1.14 bits per heavy atom. The van der Waals surface area contributed by atoms with Gasteiger partial charge in [-0.05, 0) is 86.4 Å². The van der Waals surface area contributed by atoms with E-state index in [0.29, 0.717) is 6.04 Å². The van der Waals surface area contributed by atoms with Gasteiger partial charge in [0.05, 0.1) is 5.69 Å². The summed E-state index contributed by atoms with van der Waals surface area (Å²) in [4.78, 5) is 1.06. The van der Waals surface area contributed by atoms with E-state index in [1.807, 2.05) is 6.92 Å². The van der Waals surface area contributed by atoms with Gasteiger partial charge in [-0.2, -0.15) is 5.10 Å². The van der Waals surface area contributed by atoms with Crippen LogP contribution in [0, 0.1) is 35.4 Å². The van der Waals surface area contributed by atoms with Crippen LogP contribution in [-0.4, -0.2) is 24.4 Å². The number of aromatic amines is 1. The van der Waals surface area contributed by atoms with Gasteiger partial charge in [0.25, 0.3) is 0 Å².